The molecular weight excluding hydrogens is 266 g/mol. The van der Waals surface area contributed by atoms with Gasteiger partial charge >= 0.3 is 5.97 Å². The SMILES string of the molecule is CCOC(=O)C1(C(=O)NC(C)c2ccccc2)CC(C)C1. The van der Waals surface area contributed by atoms with Gasteiger partial charge in [-0.2, -0.15) is 0 Å². The predicted molar refractivity (Wildman–Crippen MR) is 80.5 cm³/mol. The van der Waals surface area contributed by atoms with Gasteiger partial charge in [0.1, 0.15) is 5.41 Å². The monoisotopic (exact) mass is 289 g/mol. The Bertz CT molecular complexity index is 506. The zero-order valence-corrected chi connectivity index (χ0v) is 12.9. The number of nitrogens with one attached hydrogen (secondary N) is 1. The summed E-state index contributed by atoms with van der Waals surface area (Å²) in [5.41, 5.74) is 0.0376. The van der Waals surface area contributed by atoms with Crippen LogP contribution < -0.4 is 5.32 Å². The Morgan fingerprint density at radius 3 is 2.48 bits per heavy atom. The molecule has 1 atom stereocenters. The summed E-state index contributed by atoms with van der Waals surface area (Å²) in [4.78, 5) is 24.8. The lowest BCUT2D eigenvalue weighted by Crippen LogP contribution is -2.55. The fourth-order valence-corrected chi connectivity index (χ4v) is 3.00. The molecule has 0 saturated heterocycles. The van der Waals surface area contributed by atoms with E-state index in [2.05, 4.69) is 5.32 Å². The maximum atomic E-state index is 12.6. The molecule has 1 unspecified atom stereocenters. The second kappa shape index (κ2) is 6.29. The van der Waals surface area contributed by atoms with Gasteiger partial charge in [-0.1, -0.05) is 37.3 Å². The van der Waals surface area contributed by atoms with Crippen molar-refractivity contribution in [1.29, 1.82) is 0 Å². The average Bonchev–Trinajstić information content (AvgIpc) is 2.44. The Balaban J connectivity index is 2.08. The number of hydrogen-bond donors (Lipinski definition) is 1. The predicted octanol–water partition coefficient (Wildman–Crippen LogP) is 2.84. The first-order valence-electron chi connectivity index (χ1n) is 7.52. The number of hydrogen-bond acceptors (Lipinski definition) is 3. The second-order valence-corrected chi connectivity index (χ2v) is 5.92. The van der Waals surface area contributed by atoms with Crippen molar-refractivity contribution in [2.24, 2.45) is 11.3 Å². The Morgan fingerprint density at radius 2 is 1.95 bits per heavy atom. The van der Waals surface area contributed by atoms with E-state index in [1.165, 1.54) is 0 Å². The van der Waals surface area contributed by atoms with Crippen molar-refractivity contribution in [2.75, 3.05) is 6.61 Å². The minimum atomic E-state index is -0.988. The molecule has 1 aromatic rings. The summed E-state index contributed by atoms with van der Waals surface area (Å²) in [6.45, 7) is 6.04. The highest BCUT2D eigenvalue weighted by molar-refractivity contribution is 6.03. The van der Waals surface area contributed by atoms with Crippen molar-refractivity contribution in [2.45, 2.75) is 39.7 Å². The van der Waals surface area contributed by atoms with Crippen LogP contribution in [0.5, 0.6) is 0 Å². The molecule has 1 aromatic carbocycles. The first kappa shape index (κ1) is 15.5. The minimum Gasteiger partial charge on any atom is -0.465 e. The van der Waals surface area contributed by atoms with Gasteiger partial charge in [-0.05, 0) is 38.2 Å². The quantitative estimate of drug-likeness (QED) is 0.670. The van der Waals surface area contributed by atoms with E-state index in [1.807, 2.05) is 44.2 Å². The van der Waals surface area contributed by atoms with E-state index in [0.29, 0.717) is 25.4 Å². The van der Waals surface area contributed by atoms with E-state index in [4.69, 9.17) is 4.74 Å². The molecule has 0 radical (unpaired) electrons. The molecule has 4 nitrogen and oxygen atoms in total. The van der Waals surface area contributed by atoms with Crippen molar-refractivity contribution in [1.82, 2.24) is 5.32 Å². The van der Waals surface area contributed by atoms with Gasteiger partial charge in [-0.3, -0.25) is 9.59 Å². The van der Waals surface area contributed by atoms with Gasteiger partial charge in [0, 0.05) is 0 Å². The standard InChI is InChI=1S/C17H23NO3/c1-4-21-16(20)17(10-12(2)11-17)15(19)18-13(3)14-8-6-5-7-9-14/h5-9,12-13H,4,10-11H2,1-3H3,(H,18,19). The molecule has 0 aliphatic heterocycles. The van der Waals surface area contributed by atoms with Crippen LogP contribution in [0.15, 0.2) is 30.3 Å². The lowest BCUT2D eigenvalue weighted by molar-refractivity contribution is -0.170. The van der Waals surface area contributed by atoms with Gasteiger partial charge in [0.15, 0.2) is 0 Å². The number of benzene rings is 1. The number of carbonyl (C=O) groups excluding carboxylic acids is 2. The van der Waals surface area contributed by atoms with Crippen LogP contribution in [0.4, 0.5) is 0 Å². The number of esters is 1. The Hall–Kier alpha value is -1.84. The molecule has 0 bridgehead atoms. The Labute approximate surface area is 125 Å². The third-order valence-corrected chi connectivity index (χ3v) is 4.14. The van der Waals surface area contributed by atoms with Gasteiger partial charge in [-0.25, -0.2) is 0 Å². The molecule has 114 valence electrons. The molecule has 0 heterocycles. The van der Waals surface area contributed by atoms with Crippen molar-refractivity contribution in [3.63, 3.8) is 0 Å². The highest BCUT2D eigenvalue weighted by Crippen LogP contribution is 2.47. The highest BCUT2D eigenvalue weighted by Gasteiger charge is 2.55. The smallest absolute Gasteiger partial charge is 0.321 e. The van der Waals surface area contributed by atoms with Crippen molar-refractivity contribution < 1.29 is 14.3 Å². The van der Waals surface area contributed by atoms with Crippen LogP contribution in [0.1, 0.15) is 45.2 Å². The second-order valence-electron chi connectivity index (χ2n) is 5.92. The maximum Gasteiger partial charge on any atom is 0.321 e. The van der Waals surface area contributed by atoms with Gasteiger partial charge in [0.2, 0.25) is 5.91 Å². The zero-order chi connectivity index (χ0) is 15.5. The molecule has 0 spiro atoms. The summed E-state index contributed by atoms with van der Waals surface area (Å²) in [6, 6.07) is 9.61. The maximum absolute atomic E-state index is 12.6. The van der Waals surface area contributed by atoms with E-state index < -0.39 is 5.41 Å². The summed E-state index contributed by atoms with van der Waals surface area (Å²) in [6.07, 6.45) is 1.14. The van der Waals surface area contributed by atoms with E-state index >= 15 is 0 Å². The van der Waals surface area contributed by atoms with Crippen LogP contribution in [0.25, 0.3) is 0 Å². The summed E-state index contributed by atoms with van der Waals surface area (Å²) < 4.78 is 5.11. The summed E-state index contributed by atoms with van der Waals surface area (Å²) in [5.74, 6) is -0.219. The number of amides is 1. The molecule has 1 aliphatic carbocycles. The van der Waals surface area contributed by atoms with Crippen LogP contribution in [-0.2, 0) is 14.3 Å². The van der Waals surface area contributed by atoms with Crippen LogP contribution in [0.3, 0.4) is 0 Å². The number of ether oxygens (including phenoxy) is 1. The van der Waals surface area contributed by atoms with E-state index in [0.717, 1.165) is 5.56 Å². The largest absolute Gasteiger partial charge is 0.465 e. The summed E-state index contributed by atoms with van der Waals surface area (Å²) >= 11 is 0. The average molecular weight is 289 g/mol. The Kier molecular flexibility index (Phi) is 4.66. The minimum absolute atomic E-state index is 0.124. The molecule has 21 heavy (non-hydrogen) atoms. The Morgan fingerprint density at radius 1 is 1.33 bits per heavy atom. The van der Waals surface area contributed by atoms with Gasteiger partial charge in [0.25, 0.3) is 0 Å². The fraction of sp³-hybridized carbons (Fsp3) is 0.529. The van der Waals surface area contributed by atoms with Crippen LogP contribution >= 0.6 is 0 Å². The summed E-state index contributed by atoms with van der Waals surface area (Å²) in [7, 11) is 0. The van der Waals surface area contributed by atoms with Crippen molar-refractivity contribution in [3.05, 3.63) is 35.9 Å². The van der Waals surface area contributed by atoms with Gasteiger partial charge in [0.05, 0.1) is 12.6 Å². The zero-order valence-electron chi connectivity index (χ0n) is 12.9. The molecule has 4 heteroatoms. The molecule has 2 rings (SSSR count). The molecule has 1 saturated carbocycles. The van der Waals surface area contributed by atoms with E-state index in [-0.39, 0.29) is 17.9 Å². The summed E-state index contributed by atoms with van der Waals surface area (Å²) in [5, 5.41) is 2.96. The van der Waals surface area contributed by atoms with Crippen LogP contribution in [0.2, 0.25) is 0 Å². The van der Waals surface area contributed by atoms with Crippen molar-refractivity contribution >= 4 is 11.9 Å². The third kappa shape index (κ3) is 3.09. The van der Waals surface area contributed by atoms with E-state index in [1.54, 1.807) is 6.92 Å². The van der Waals surface area contributed by atoms with E-state index in [9.17, 15) is 9.59 Å². The first-order valence-corrected chi connectivity index (χ1v) is 7.52. The fourth-order valence-electron chi connectivity index (χ4n) is 3.00. The highest BCUT2D eigenvalue weighted by atomic mass is 16.5. The van der Waals surface area contributed by atoms with Gasteiger partial charge in [-0.15, -0.1) is 0 Å². The molecule has 0 aromatic heterocycles. The molecule has 1 fully saturated rings. The number of carbonyl (C=O) groups is 2. The third-order valence-electron chi connectivity index (χ3n) is 4.14. The topological polar surface area (TPSA) is 55.4 Å². The van der Waals surface area contributed by atoms with Crippen LogP contribution in [-0.4, -0.2) is 18.5 Å². The molecule has 1 N–H and O–H groups in total. The molecule has 1 aliphatic rings. The number of rotatable bonds is 5. The van der Waals surface area contributed by atoms with Crippen LogP contribution in [0, 0.1) is 11.3 Å². The first-order chi connectivity index (χ1) is 9.99. The molecule has 1 amide bonds. The lowest BCUT2D eigenvalue weighted by atomic mass is 9.62. The van der Waals surface area contributed by atoms with Crippen molar-refractivity contribution in [3.8, 4) is 0 Å². The lowest BCUT2D eigenvalue weighted by Gasteiger charge is -2.42. The normalized spacial score (nSPS) is 25.6. The van der Waals surface area contributed by atoms with Gasteiger partial charge < -0.3 is 10.1 Å². The molecular formula is C17H23NO3.